The summed E-state index contributed by atoms with van der Waals surface area (Å²) in [6.45, 7) is 0. The molecule has 0 amide bonds. The number of ketones is 2. The van der Waals surface area contributed by atoms with Crippen molar-refractivity contribution in [2.75, 3.05) is 0 Å². The second-order valence-corrected chi connectivity index (χ2v) is 8.28. The maximum Gasteiger partial charge on any atom is 0.248 e. The molecule has 168 valence electrons. The molecular formula is C30H18O5. The molecular weight excluding hydrogens is 440 g/mol. The first-order chi connectivity index (χ1) is 17.1. The van der Waals surface area contributed by atoms with Gasteiger partial charge in [-0.1, -0.05) is 84.9 Å². The van der Waals surface area contributed by atoms with Gasteiger partial charge in [0.25, 0.3) is 0 Å². The summed E-state index contributed by atoms with van der Waals surface area (Å²) in [5.41, 5.74) is 2.03. The van der Waals surface area contributed by atoms with Crippen molar-refractivity contribution in [2.45, 2.75) is 6.10 Å². The van der Waals surface area contributed by atoms with Crippen LogP contribution in [-0.4, -0.2) is 11.6 Å². The third-order valence-corrected chi connectivity index (χ3v) is 6.17. The Kier molecular flexibility index (Phi) is 4.89. The highest BCUT2D eigenvalue weighted by molar-refractivity contribution is 6.47. The van der Waals surface area contributed by atoms with Crippen molar-refractivity contribution in [1.29, 1.82) is 0 Å². The van der Waals surface area contributed by atoms with Crippen LogP contribution in [0.5, 0.6) is 5.75 Å². The highest BCUT2D eigenvalue weighted by Gasteiger charge is 2.39. The van der Waals surface area contributed by atoms with Gasteiger partial charge in [-0.25, -0.2) is 0 Å². The molecule has 0 bridgehead atoms. The summed E-state index contributed by atoms with van der Waals surface area (Å²) in [6.07, 6.45) is -1.03. The summed E-state index contributed by atoms with van der Waals surface area (Å²) in [6, 6.07) is 30.1. The summed E-state index contributed by atoms with van der Waals surface area (Å²) in [5.74, 6) is -0.787. The van der Waals surface area contributed by atoms with Crippen molar-refractivity contribution in [3.05, 3.63) is 124 Å². The van der Waals surface area contributed by atoms with Gasteiger partial charge in [0.05, 0.1) is 16.5 Å². The molecule has 4 aromatic carbocycles. The highest BCUT2D eigenvalue weighted by Crippen LogP contribution is 2.41. The lowest BCUT2D eigenvalue weighted by molar-refractivity contribution is -0.122. The molecule has 35 heavy (non-hydrogen) atoms. The van der Waals surface area contributed by atoms with Crippen LogP contribution >= 0.6 is 0 Å². The fraction of sp³-hybridized carbons (Fsp3) is 0.0333. The number of benzene rings is 4. The van der Waals surface area contributed by atoms with Crippen LogP contribution in [0.2, 0.25) is 0 Å². The molecule has 0 radical (unpaired) electrons. The molecule has 0 fully saturated rings. The van der Waals surface area contributed by atoms with E-state index in [1.807, 2.05) is 36.4 Å². The van der Waals surface area contributed by atoms with Crippen LogP contribution in [0.4, 0.5) is 0 Å². The number of hydrogen-bond donors (Lipinski definition) is 0. The largest absolute Gasteiger partial charge is 0.477 e. The van der Waals surface area contributed by atoms with Gasteiger partial charge in [-0.3, -0.25) is 14.4 Å². The second kappa shape index (κ2) is 8.22. The topological polar surface area (TPSA) is 73.6 Å². The van der Waals surface area contributed by atoms with Gasteiger partial charge in [-0.05, 0) is 18.2 Å². The third-order valence-electron chi connectivity index (χ3n) is 6.17. The van der Waals surface area contributed by atoms with Crippen molar-refractivity contribution in [3.8, 4) is 28.2 Å². The van der Waals surface area contributed by atoms with Crippen molar-refractivity contribution in [1.82, 2.24) is 0 Å². The van der Waals surface area contributed by atoms with E-state index >= 15 is 0 Å². The molecule has 0 spiro atoms. The normalized spacial score (nSPS) is 15.0. The second-order valence-electron chi connectivity index (χ2n) is 8.28. The van der Waals surface area contributed by atoms with Gasteiger partial charge in [0.2, 0.25) is 17.0 Å². The van der Waals surface area contributed by atoms with E-state index in [9.17, 15) is 14.4 Å². The van der Waals surface area contributed by atoms with E-state index in [1.165, 1.54) is 0 Å². The molecule has 0 N–H and O–H groups in total. The zero-order valence-electron chi connectivity index (χ0n) is 18.4. The van der Waals surface area contributed by atoms with E-state index in [-0.39, 0.29) is 22.3 Å². The molecule has 1 aromatic heterocycles. The number of Topliss-reactive ketones (excluding diaryl/α,β-unsaturated/α-hetero) is 2. The number of ether oxygens (including phenoxy) is 1. The van der Waals surface area contributed by atoms with Crippen LogP contribution in [0.25, 0.3) is 33.4 Å². The zero-order valence-corrected chi connectivity index (χ0v) is 18.4. The fourth-order valence-corrected chi connectivity index (χ4v) is 4.52. The van der Waals surface area contributed by atoms with Gasteiger partial charge in [-0.15, -0.1) is 0 Å². The van der Waals surface area contributed by atoms with Gasteiger partial charge >= 0.3 is 0 Å². The van der Waals surface area contributed by atoms with Gasteiger partial charge in [0.1, 0.15) is 17.1 Å². The predicted octanol–water partition coefficient (Wildman–Crippen LogP) is 6.01. The van der Waals surface area contributed by atoms with E-state index in [0.717, 1.165) is 0 Å². The van der Waals surface area contributed by atoms with E-state index in [4.69, 9.17) is 9.15 Å². The summed E-state index contributed by atoms with van der Waals surface area (Å²) < 4.78 is 12.3. The Morgan fingerprint density at radius 3 is 2.09 bits per heavy atom. The maximum absolute atomic E-state index is 13.8. The van der Waals surface area contributed by atoms with Crippen LogP contribution in [0.3, 0.4) is 0 Å². The van der Waals surface area contributed by atoms with Gasteiger partial charge in [-0.2, -0.15) is 0 Å². The van der Waals surface area contributed by atoms with Crippen LogP contribution in [0.15, 0.2) is 112 Å². The number of hydrogen-bond acceptors (Lipinski definition) is 5. The van der Waals surface area contributed by atoms with Gasteiger partial charge < -0.3 is 9.15 Å². The number of carbonyl (C=O) groups excluding carboxylic acids is 2. The Bertz CT molecular complexity index is 1670. The summed E-state index contributed by atoms with van der Waals surface area (Å²) in [7, 11) is 0. The summed E-state index contributed by atoms with van der Waals surface area (Å²) in [5, 5.41) is 0.387. The molecule has 1 aliphatic rings. The number of fused-ring (bicyclic) bond motifs is 2. The lowest BCUT2D eigenvalue weighted by atomic mass is 9.88. The Morgan fingerprint density at radius 1 is 0.629 bits per heavy atom. The van der Waals surface area contributed by atoms with Crippen LogP contribution in [0, 0.1) is 0 Å². The molecule has 1 unspecified atom stereocenters. The van der Waals surface area contributed by atoms with Crippen molar-refractivity contribution in [3.63, 3.8) is 0 Å². The fourth-order valence-electron chi connectivity index (χ4n) is 4.52. The average Bonchev–Trinajstić information content (AvgIpc) is 2.91. The molecule has 0 saturated heterocycles. The van der Waals surface area contributed by atoms with E-state index < -0.39 is 17.7 Å². The average molecular weight is 458 g/mol. The summed E-state index contributed by atoms with van der Waals surface area (Å²) in [4.78, 5) is 40.4. The van der Waals surface area contributed by atoms with Crippen molar-refractivity contribution < 1.29 is 18.7 Å². The summed E-state index contributed by atoms with van der Waals surface area (Å²) >= 11 is 0. The van der Waals surface area contributed by atoms with E-state index in [0.29, 0.717) is 33.4 Å². The maximum atomic E-state index is 13.8. The van der Waals surface area contributed by atoms with Crippen LogP contribution in [-0.2, 0) is 4.79 Å². The van der Waals surface area contributed by atoms with E-state index in [2.05, 4.69) is 0 Å². The Morgan fingerprint density at radius 2 is 1.31 bits per heavy atom. The lowest BCUT2D eigenvalue weighted by Crippen LogP contribution is -2.32. The standard InChI is InChI=1S/C30H18O5/c31-26-20-14-7-8-16-22(20)34-29(18-10-3-1-4-11-18)25(26)21-15-9-17-23-24(21)27(32)28(33)30(35-23)19-12-5-2-6-13-19/h1-17,30H. The minimum atomic E-state index is -1.03. The third kappa shape index (κ3) is 3.37. The smallest absolute Gasteiger partial charge is 0.248 e. The first-order valence-electron chi connectivity index (χ1n) is 11.2. The van der Waals surface area contributed by atoms with Gasteiger partial charge in [0.15, 0.2) is 6.10 Å². The first kappa shape index (κ1) is 20.8. The van der Waals surface area contributed by atoms with Crippen molar-refractivity contribution in [2.24, 2.45) is 0 Å². The minimum Gasteiger partial charge on any atom is -0.477 e. The molecule has 5 aromatic rings. The Balaban J connectivity index is 1.62. The number of carbonyl (C=O) groups is 2. The first-order valence-corrected chi connectivity index (χ1v) is 11.2. The molecule has 0 saturated carbocycles. The molecule has 1 aliphatic heterocycles. The number of rotatable bonds is 3. The predicted molar refractivity (Wildman–Crippen MR) is 133 cm³/mol. The van der Waals surface area contributed by atoms with Crippen LogP contribution < -0.4 is 10.2 Å². The molecule has 1 atom stereocenters. The van der Waals surface area contributed by atoms with Gasteiger partial charge in [0, 0.05) is 16.7 Å². The molecule has 5 heteroatoms. The quantitative estimate of drug-likeness (QED) is 0.310. The lowest BCUT2D eigenvalue weighted by Gasteiger charge is -2.26. The minimum absolute atomic E-state index is 0.0736. The number of para-hydroxylation sites is 1. The monoisotopic (exact) mass is 458 g/mol. The van der Waals surface area contributed by atoms with E-state index in [1.54, 1.807) is 66.7 Å². The SMILES string of the molecule is O=C1C(=O)C(c2ccccc2)Oc2cccc(-c3c(-c4ccccc4)oc4ccccc4c3=O)c21. The molecule has 5 nitrogen and oxygen atoms in total. The zero-order chi connectivity index (χ0) is 23.9. The Labute approximate surface area is 200 Å². The Hall–Kier alpha value is -4.77. The highest BCUT2D eigenvalue weighted by atomic mass is 16.5. The molecule has 2 heterocycles. The van der Waals surface area contributed by atoms with Crippen LogP contribution in [0.1, 0.15) is 22.0 Å². The molecule has 6 rings (SSSR count). The van der Waals surface area contributed by atoms with Crippen molar-refractivity contribution >= 4 is 22.5 Å². The molecule has 0 aliphatic carbocycles.